The summed E-state index contributed by atoms with van der Waals surface area (Å²) >= 11 is 0. The third-order valence-corrected chi connectivity index (χ3v) is 3.24. The molecule has 0 aliphatic carbocycles. The summed E-state index contributed by atoms with van der Waals surface area (Å²) in [5, 5.41) is 9.13. The summed E-state index contributed by atoms with van der Waals surface area (Å²) < 4.78 is 5.88. The zero-order chi connectivity index (χ0) is 15.0. The van der Waals surface area contributed by atoms with Gasteiger partial charge in [-0.3, -0.25) is 4.90 Å². The second kappa shape index (κ2) is 4.93. The Bertz CT molecular complexity index is 778. The zero-order valence-electron chi connectivity index (χ0n) is 11.3. The van der Waals surface area contributed by atoms with Crippen molar-refractivity contribution in [1.29, 1.82) is 0 Å². The van der Waals surface area contributed by atoms with Crippen molar-refractivity contribution in [1.82, 2.24) is 14.5 Å². The van der Waals surface area contributed by atoms with Crippen LogP contribution >= 0.6 is 0 Å². The first kappa shape index (κ1) is 13.2. The summed E-state index contributed by atoms with van der Waals surface area (Å²) in [5.74, 6) is -0.0595. The van der Waals surface area contributed by atoms with Gasteiger partial charge in [-0.2, -0.15) is 4.98 Å². The quantitative estimate of drug-likeness (QED) is 0.806. The van der Waals surface area contributed by atoms with Crippen molar-refractivity contribution in [2.24, 2.45) is 0 Å². The highest BCUT2D eigenvalue weighted by Crippen LogP contribution is 2.22. The zero-order valence-corrected chi connectivity index (χ0v) is 11.3. The molecule has 1 amide bonds. The molecular formula is C12H13N5O4. The van der Waals surface area contributed by atoms with Crippen LogP contribution in [-0.2, 0) is 0 Å². The fourth-order valence-electron chi connectivity index (χ4n) is 2.14. The van der Waals surface area contributed by atoms with E-state index in [1.54, 1.807) is 6.07 Å². The molecule has 3 rings (SSSR count). The molecular weight excluding hydrogens is 278 g/mol. The minimum Gasteiger partial charge on any atom is -0.465 e. The van der Waals surface area contributed by atoms with Gasteiger partial charge in [0.1, 0.15) is 5.82 Å². The number of carbonyl (C=O) groups is 1. The first-order valence-corrected chi connectivity index (χ1v) is 6.34. The molecule has 0 saturated carbocycles. The molecule has 2 aromatic heterocycles. The number of aromatic nitrogens is 3. The van der Waals surface area contributed by atoms with Gasteiger partial charge in [-0.15, -0.1) is 9.56 Å². The molecule has 3 heterocycles. The molecule has 1 aliphatic rings. The van der Waals surface area contributed by atoms with E-state index >= 15 is 0 Å². The number of hydrogen-bond donors (Lipinski definition) is 1. The molecule has 0 spiro atoms. The molecule has 9 nitrogen and oxygen atoms in total. The predicted octanol–water partition coefficient (Wildman–Crippen LogP) is 0.563. The van der Waals surface area contributed by atoms with E-state index in [2.05, 4.69) is 16.0 Å². The van der Waals surface area contributed by atoms with Crippen LogP contribution in [0.4, 0.5) is 16.4 Å². The Morgan fingerprint density at radius 2 is 2.24 bits per heavy atom. The van der Waals surface area contributed by atoms with Crippen LogP contribution in [-0.4, -0.2) is 45.9 Å². The van der Waals surface area contributed by atoms with Crippen molar-refractivity contribution >= 4 is 23.5 Å². The van der Waals surface area contributed by atoms with Crippen molar-refractivity contribution in [3.63, 3.8) is 0 Å². The van der Waals surface area contributed by atoms with Crippen LogP contribution in [0.25, 0.3) is 5.78 Å². The smallest absolute Gasteiger partial charge is 0.461 e. The van der Waals surface area contributed by atoms with Crippen molar-refractivity contribution in [2.75, 3.05) is 29.9 Å². The van der Waals surface area contributed by atoms with E-state index in [-0.39, 0.29) is 11.6 Å². The molecule has 0 fully saturated rings. The molecule has 0 unspecified atom stereocenters. The van der Waals surface area contributed by atoms with Gasteiger partial charge < -0.3 is 14.5 Å². The predicted molar refractivity (Wildman–Crippen MR) is 73.9 cm³/mol. The summed E-state index contributed by atoms with van der Waals surface area (Å²) in [6.45, 7) is 1.43. The number of hydrogen-bond acceptors (Lipinski definition) is 6. The monoisotopic (exact) mass is 291 g/mol. The van der Waals surface area contributed by atoms with Crippen molar-refractivity contribution in [3.05, 3.63) is 28.8 Å². The van der Waals surface area contributed by atoms with Gasteiger partial charge in [-0.1, -0.05) is 12.2 Å². The summed E-state index contributed by atoms with van der Waals surface area (Å²) in [6.07, 6.45) is 3.77. The molecule has 110 valence electrons. The van der Waals surface area contributed by atoms with Crippen LogP contribution in [0.15, 0.2) is 27.5 Å². The summed E-state index contributed by atoms with van der Waals surface area (Å²) in [5.41, 5.74) is 0. The molecule has 0 atom stereocenters. The Labute approximate surface area is 118 Å². The van der Waals surface area contributed by atoms with E-state index in [1.807, 2.05) is 11.0 Å². The van der Waals surface area contributed by atoms with Gasteiger partial charge in [0, 0.05) is 26.2 Å². The third-order valence-electron chi connectivity index (χ3n) is 3.24. The fourth-order valence-corrected chi connectivity index (χ4v) is 2.14. The number of carboxylic acid groups (broad SMARTS) is 1. The summed E-state index contributed by atoms with van der Waals surface area (Å²) in [6, 6.07) is 1.56. The Kier molecular flexibility index (Phi) is 3.09. The largest absolute Gasteiger partial charge is 0.465 e. The Hall–Kier alpha value is -2.84. The normalized spacial score (nSPS) is 14.6. The summed E-state index contributed by atoms with van der Waals surface area (Å²) in [4.78, 5) is 33.3. The molecule has 21 heavy (non-hydrogen) atoms. The molecule has 2 aromatic rings. The number of amides is 1. The Morgan fingerprint density at radius 3 is 2.90 bits per heavy atom. The van der Waals surface area contributed by atoms with Gasteiger partial charge in [-0.25, -0.2) is 9.59 Å². The molecule has 1 aliphatic heterocycles. The Morgan fingerprint density at radius 1 is 1.43 bits per heavy atom. The van der Waals surface area contributed by atoms with E-state index in [9.17, 15) is 9.59 Å². The van der Waals surface area contributed by atoms with Crippen LogP contribution in [0.1, 0.15) is 6.42 Å². The second-order valence-corrected chi connectivity index (χ2v) is 4.58. The van der Waals surface area contributed by atoms with Crippen molar-refractivity contribution in [2.45, 2.75) is 6.42 Å². The number of rotatable bonds is 2. The topological polar surface area (TPSA) is 104 Å². The van der Waals surface area contributed by atoms with Crippen LogP contribution < -0.4 is 15.6 Å². The van der Waals surface area contributed by atoms with Gasteiger partial charge in [0.05, 0.1) is 0 Å². The van der Waals surface area contributed by atoms with Crippen LogP contribution in [0.3, 0.4) is 0 Å². The molecule has 0 radical (unpaired) electrons. The molecule has 0 bridgehead atoms. The van der Waals surface area contributed by atoms with E-state index in [4.69, 9.17) is 9.63 Å². The first-order valence-electron chi connectivity index (χ1n) is 6.34. The lowest BCUT2D eigenvalue weighted by Crippen LogP contribution is -2.30. The lowest BCUT2D eigenvalue weighted by molar-refractivity contribution is 0.202. The highest BCUT2D eigenvalue weighted by atomic mass is 16.5. The van der Waals surface area contributed by atoms with Gasteiger partial charge in [0.25, 0.3) is 5.78 Å². The molecule has 1 N–H and O–H groups in total. The molecule has 0 saturated heterocycles. The highest BCUT2D eigenvalue weighted by molar-refractivity contribution is 5.85. The van der Waals surface area contributed by atoms with Gasteiger partial charge in [0.15, 0.2) is 5.82 Å². The molecule has 0 aromatic carbocycles. The fraction of sp³-hybridized carbons (Fsp3) is 0.333. The van der Waals surface area contributed by atoms with Crippen LogP contribution in [0.2, 0.25) is 0 Å². The van der Waals surface area contributed by atoms with Gasteiger partial charge in [-0.05, 0) is 6.42 Å². The van der Waals surface area contributed by atoms with E-state index < -0.39 is 11.8 Å². The number of fused-ring (bicyclic) bond motifs is 1. The molecule has 9 heteroatoms. The van der Waals surface area contributed by atoms with Crippen LogP contribution in [0.5, 0.6) is 0 Å². The Balaban J connectivity index is 2.16. The van der Waals surface area contributed by atoms with Gasteiger partial charge >= 0.3 is 11.8 Å². The average molecular weight is 291 g/mol. The van der Waals surface area contributed by atoms with E-state index in [1.165, 1.54) is 7.05 Å². The maximum Gasteiger partial charge on any atom is 0.461 e. The van der Waals surface area contributed by atoms with Crippen molar-refractivity contribution in [3.8, 4) is 0 Å². The third kappa shape index (κ3) is 2.33. The maximum atomic E-state index is 11.3. The van der Waals surface area contributed by atoms with Crippen molar-refractivity contribution < 1.29 is 14.4 Å². The average Bonchev–Trinajstić information content (AvgIpc) is 2.86. The van der Waals surface area contributed by atoms with E-state index in [0.29, 0.717) is 12.4 Å². The van der Waals surface area contributed by atoms with Crippen LogP contribution in [0, 0.1) is 0 Å². The van der Waals surface area contributed by atoms with Gasteiger partial charge in [0.2, 0.25) is 0 Å². The lowest BCUT2D eigenvalue weighted by Gasteiger charge is -2.25. The highest BCUT2D eigenvalue weighted by Gasteiger charge is 2.20. The summed E-state index contributed by atoms with van der Waals surface area (Å²) in [7, 11) is 1.36. The maximum absolute atomic E-state index is 11.3. The number of nitrogens with zero attached hydrogens (tertiary/aromatic N) is 5. The van der Waals surface area contributed by atoms with E-state index in [0.717, 1.165) is 22.4 Å². The standard InChI is InChI=1S/C12H13N5O4/c1-15(12(19)20)9-7-8(16-5-3-2-4-6-16)13-10-14-11(18)21-17(9)10/h2-3,7H,4-6H2,1H3,(H,19,20). The lowest BCUT2D eigenvalue weighted by atomic mass is 10.2. The second-order valence-electron chi connectivity index (χ2n) is 4.58. The first-order chi connectivity index (χ1) is 10.1. The minimum absolute atomic E-state index is 0.0372. The minimum atomic E-state index is -1.18. The number of anilines is 2. The SMILES string of the molecule is CN(C(=O)O)c1cc(N2CC=CCC2)nc2nc(=O)on12.